The van der Waals surface area contributed by atoms with E-state index in [4.69, 9.17) is 25.4 Å². The maximum atomic E-state index is 12.8. The lowest BCUT2D eigenvalue weighted by molar-refractivity contribution is 0.273. The number of rotatable bonds is 9. The first-order valence-electron chi connectivity index (χ1n) is 8.97. The van der Waals surface area contributed by atoms with Crippen molar-refractivity contribution in [3.05, 3.63) is 82.6 Å². The second-order valence-corrected chi connectivity index (χ2v) is 12.1. The molecule has 1 unspecified atom stereocenters. The first-order chi connectivity index (χ1) is 13.6. The van der Waals surface area contributed by atoms with E-state index in [1.54, 1.807) is 0 Å². The van der Waals surface area contributed by atoms with Crippen LogP contribution in [0.25, 0.3) is 11.3 Å². The first-order valence-corrected chi connectivity index (χ1v) is 13.1. The summed E-state index contributed by atoms with van der Waals surface area (Å²) < 4.78 is 18.9. The molecule has 0 bridgehead atoms. The van der Waals surface area contributed by atoms with E-state index in [0.717, 1.165) is 11.1 Å². The Kier molecular flexibility index (Phi) is 7.32. The molecule has 0 aliphatic heterocycles. The Balaban J connectivity index is 2.04. The van der Waals surface area contributed by atoms with E-state index in [0.29, 0.717) is 19.0 Å². The lowest BCUT2D eigenvalue weighted by Gasteiger charge is -2.25. The maximum Gasteiger partial charge on any atom is 0.284 e. The summed E-state index contributed by atoms with van der Waals surface area (Å²) in [6, 6.07) is 20.7. The summed E-state index contributed by atoms with van der Waals surface area (Å²) in [5.74, 6) is 0.508. The van der Waals surface area contributed by atoms with E-state index in [1.807, 2.05) is 74.5 Å². The predicted molar refractivity (Wildman–Crippen MR) is 118 cm³/mol. The minimum atomic E-state index is -2.66. The predicted octanol–water partition coefficient (Wildman–Crippen LogP) is 5.69. The molecule has 0 N–H and O–H groups in total. The summed E-state index contributed by atoms with van der Waals surface area (Å²) in [5.41, 5.74) is -1.18. The van der Waals surface area contributed by atoms with Gasteiger partial charge in [0.15, 0.2) is 5.76 Å². The molecule has 0 aliphatic carbocycles. The van der Waals surface area contributed by atoms with E-state index >= 15 is 0 Å². The van der Waals surface area contributed by atoms with Gasteiger partial charge < -0.3 is 13.6 Å². The second-order valence-electron chi connectivity index (χ2n) is 5.78. The van der Waals surface area contributed by atoms with Crippen LogP contribution in [0.4, 0.5) is 0 Å². The molecule has 8 heteroatoms. The highest BCUT2D eigenvalue weighted by Crippen LogP contribution is 2.65. The van der Waals surface area contributed by atoms with Gasteiger partial charge in [-0.05, 0) is 42.6 Å². The highest BCUT2D eigenvalue weighted by molar-refractivity contribution is 8.67. The van der Waals surface area contributed by atoms with Crippen molar-refractivity contribution in [2.75, 3.05) is 13.2 Å². The highest BCUT2D eigenvalue weighted by Gasteiger charge is 2.30. The van der Waals surface area contributed by atoms with Crippen molar-refractivity contribution in [3.8, 4) is 11.3 Å². The lowest BCUT2D eigenvalue weighted by Crippen LogP contribution is -2.18. The van der Waals surface area contributed by atoms with Gasteiger partial charge in [0.2, 0.25) is 5.69 Å². The summed E-state index contributed by atoms with van der Waals surface area (Å²) in [6.07, 6.45) is 0. The Morgan fingerprint density at radius 1 is 1.04 bits per heavy atom. The third-order valence-corrected chi connectivity index (χ3v) is 9.31. The fraction of sp³-hybridized carbons (Fsp3) is 0.250. The first kappa shape index (κ1) is 21.1. The third kappa shape index (κ3) is 5.04. The standard InChI is InChI=1S/C20H22NO4PS2/c1-3-23-26(27,24-4-2)28-20(17-13-9-6-10-14-17)21-19(22)15-18(25-21)16-11-7-5-8-12-16/h5-15,20H,3-4H2,1-2H3. The Morgan fingerprint density at radius 2 is 1.61 bits per heavy atom. The van der Waals surface area contributed by atoms with Crippen LogP contribution in [0, 0.1) is 0 Å². The van der Waals surface area contributed by atoms with Gasteiger partial charge in [-0.2, -0.15) is 4.74 Å². The molecular formula is C20H22NO4PS2. The van der Waals surface area contributed by atoms with Gasteiger partial charge in [-0.15, -0.1) is 0 Å². The van der Waals surface area contributed by atoms with Crippen LogP contribution in [-0.4, -0.2) is 18.0 Å². The quantitative estimate of drug-likeness (QED) is 0.403. The highest BCUT2D eigenvalue weighted by atomic mass is 32.9. The molecule has 0 aliphatic rings. The van der Waals surface area contributed by atoms with Crippen molar-refractivity contribution in [1.82, 2.24) is 4.74 Å². The van der Waals surface area contributed by atoms with Crippen LogP contribution in [0.1, 0.15) is 24.8 Å². The fourth-order valence-electron chi connectivity index (χ4n) is 2.65. The average Bonchev–Trinajstić information content (AvgIpc) is 3.09. The van der Waals surface area contributed by atoms with Crippen LogP contribution in [0.5, 0.6) is 0 Å². The zero-order chi connectivity index (χ0) is 20.0. The van der Waals surface area contributed by atoms with Crippen molar-refractivity contribution in [2.24, 2.45) is 0 Å². The molecular weight excluding hydrogens is 413 g/mol. The summed E-state index contributed by atoms with van der Waals surface area (Å²) in [7, 11) is 0. The van der Waals surface area contributed by atoms with Gasteiger partial charge in [0.25, 0.3) is 5.56 Å². The minimum absolute atomic E-state index is 0.241. The Hall–Kier alpha value is -1.63. The van der Waals surface area contributed by atoms with Crippen LogP contribution in [0.3, 0.4) is 0 Å². The topological polar surface area (TPSA) is 53.6 Å². The van der Waals surface area contributed by atoms with Gasteiger partial charge in [-0.3, -0.25) is 4.79 Å². The summed E-state index contributed by atoms with van der Waals surface area (Å²) in [4.78, 5) is 12.8. The van der Waals surface area contributed by atoms with E-state index in [-0.39, 0.29) is 5.56 Å². The summed E-state index contributed by atoms with van der Waals surface area (Å²) in [5, 5.41) is -0.491. The molecule has 1 aromatic heterocycles. The zero-order valence-corrected chi connectivity index (χ0v) is 18.2. The second kappa shape index (κ2) is 9.72. The molecule has 0 fully saturated rings. The molecule has 0 saturated heterocycles. The van der Waals surface area contributed by atoms with Gasteiger partial charge in [-0.1, -0.05) is 60.7 Å². The Morgan fingerprint density at radius 3 is 2.18 bits per heavy atom. The van der Waals surface area contributed by atoms with Crippen LogP contribution in [0.2, 0.25) is 0 Å². The Labute approximate surface area is 173 Å². The van der Waals surface area contributed by atoms with Crippen molar-refractivity contribution in [1.29, 1.82) is 0 Å². The van der Waals surface area contributed by atoms with E-state index in [9.17, 15) is 4.79 Å². The van der Waals surface area contributed by atoms with Gasteiger partial charge in [0.05, 0.1) is 19.3 Å². The number of nitrogens with zero attached hydrogens (tertiary/aromatic N) is 1. The van der Waals surface area contributed by atoms with Crippen molar-refractivity contribution in [2.45, 2.75) is 19.2 Å². The molecule has 2 aromatic carbocycles. The normalized spacial score (nSPS) is 12.8. The van der Waals surface area contributed by atoms with Gasteiger partial charge in [0, 0.05) is 5.56 Å². The monoisotopic (exact) mass is 435 g/mol. The van der Waals surface area contributed by atoms with Gasteiger partial charge in [-0.25, -0.2) is 0 Å². The molecule has 3 rings (SSSR count). The van der Waals surface area contributed by atoms with Crippen LogP contribution < -0.4 is 5.56 Å². The number of aromatic nitrogens is 1. The summed E-state index contributed by atoms with van der Waals surface area (Å²) >= 11 is 7.01. The number of hydrogen-bond acceptors (Lipinski definition) is 6. The van der Waals surface area contributed by atoms with Crippen LogP contribution >= 0.6 is 17.1 Å². The van der Waals surface area contributed by atoms with E-state index < -0.39 is 11.1 Å². The molecule has 0 saturated carbocycles. The molecule has 0 radical (unpaired) electrons. The maximum absolute atomic E-state index is 12.8. The van der Waals surface area contributed by atoms with Crippen molar-refractivity contribution in [3.63, 3.8) is 0 Å². The molecule has 1 atom stereocenters. The summed E-state index contributed by atoms with van der Waals surface area (Å²) in [6.45, 7) is 4.64. The molecule has 28 heavy (non-hydrogen) atoms. The smallest absolute Gasteiger partial charge is 0.284 e. The van der Waals surface area contributed by atoms with Crippen molar-refractivity contribution < 1.29 is 13.6 Å². The molecule has 5 nitrogen and oxygen atoms in total. The number of benzene rings is 2. The third-order valence-electron chi connectivity index (χ3n) is 3.83. The fourth-order valence-corrected chi connectivity index (χ4v) is 7.95. The lowest BCUT2D eigenvalue weighted by atomic mass is 10.2. The number of hydrogen-bond donors (Lipinski definition) is 0. The SMILES string of the molecule is CCOP(=S)(OCC)SC(c1ccccc1)n1oc(-c2ccccc2)cc1=O. The molecule has 0 spiro atoms. The molecule has 3 aromatic rings. The minimum Gasteiger partial charge on any atom is -0.374 e. The molecule has 0 amide bonds. The largest absolute Gasteiger partial charge is 0.374 e. The molecule has 148 valence electrons. The zero-order valence-electron chi connectivity index (χ0n) is 15.7. The van der Waals surface area contributed by atoms with Gasteiger partial charge >= 0.3 is 0 Å². The Bertz CT molecular complexity index is 978. The molecule has 1 heterocycles. The van der Waals surface area contributed by atoms with E-state index in [1.165, 1.54) is 22.2 Å². The van der Waals surface area contributed by atoms with E-state index in [2.05, 4.69) is 0 Å². The average molecular weight is 436 g/mol. The van der Waals surface area contributed by atoms with Crippen LogP contribution in [0.15, 0.2) is 76.0 Å². The van der Waals surface area contributed by atoms with Crippen molar-refractivity contribution >= 4 is 28.9 Å². The van der Waals surface area contributed by atoms with Gasteiger partial charge in [0.1, 0.15) is 5.37 Å². The van der Waals surface area contributed by atoms with Crippen LogP contribution in [-0.2, 0) is 20.9 Å².